The number of nitriles is 2. The van der Waals surface area contributed by atoms with Crippen LogP contribution in [0.15, 0.2) is 59.1 Å². The zero-order valence-electron chi connectivity index (χ0n) is 43.3. The SMILES string of the molecule is CC(C)NS(=O)(=O)c1cnc(Cl)nc1.CCC[CH2][Sn]([CH2]CCC)([CH2]CCC)[c]1c(C#N)c2cnc(C)cc2n1C1CCC1.Cc1cc2c(cn1)c(C#N)c(-c1ncc(S(=O)(=O)NC(C)C)cn1)n2C1CCC1. The molecule has 0 amide bonds. The van der Waals surface area contributed by atoms with Crippen molar-refractivity contribution in [3.05, 3.63) is 77.1 Å². The zero-order chi connectivity index (χ0) is 52.4. The van der Waals surface area contributed by atoms with Crippen molar-refractivity contribution >= 4 is 75.5 Å². The van der Waals surface area contributed by atoms with Gasteiger partial charge in [0.15, 0.2) is 5.82 Å². The van der Waals surface area contributed by atoms with E-state index < -0.39 is 38.4 Å². The van der Waals surface area contributed by atoms with E-state index in [9.17, 15) is 27.4 Å². The molecule has 2 aliphatic rings. The Balaban J connectivity index is 0.000000188. The van der Waals surface area contributed by atoms with E-state index in [-0.39, 0.29) is 33.2 Å². The van der Waals surface area contributed by atoms with Crippen LogP contribution in [0, 0.1) is 36.5 Å². The Morgan fingerprint density at radius 2 is 1.04 bits per heavy atom. The van der Waals surface area contributed by atoms with Crippen LogP contribution in [0.1, 0.15) is 160 Å². The number of hydrogen-bond donors (Lipinski definition) is 2. The maximum Gasteiger partial charge on any atom is 0.243 e. The van der Waals surface area contributed by atoms with E-state index in [1.54, 1.807) is 37.6 Å². The molecule has 6 heterocycles. The van der Waals surface area contributed by atoms with Gasteiger partial charge in [-0.1, -0.05) is 0 Å². The summed E-state index contributed by atoms with van der Waals surface area (Å²) in [7, 11) is -7.19. The van der Waals surface area contributed by atoms with Crippen LogP contribution in [0.5, 0.6) is 0 Å². The van der Waals surface area contributed by atoms with Crippen molar-refractivity contribution in [2.45, 2.75) is 187 Å². The standard InChI is InChI=1S/C20H22N6O2S.C13H12N3.C7H10ClN3O2S.3C4H9.Sn/c1-12(2)25-29(27,28)15-9-23-20(24-10-15)19-16(8-21)17-11-22-13(3)7-18(17)26(19)14-5-4-6-14;1-9-5-13-12(7-15-9)10(6-14)8-16(13)11-3-2-4-11;1-5(2)11-14(12,13)6-3-9-7(8)10-4-6;3*1-3-4-2;/h7,9-12,14,25H,4-6H2,1-3H3;5,7,11H,2-4H2,1H3;3-5,11H,1-2H3;3*1,3-4H2,2H3;. The van der Waals surface area contributed by atoms with E-state index in [2.05, 4.69) is 94.4 Å². The van der Waals surface area contributed by atoms with Crippen molar-refractivity contribution in [3.8, 4) is 23.7 Å². The second-order valence-electron chi connectivity index (χ2n) is 19.8. The molecule has 16 nitrogen and oxygen atoms in total. The fourth-order valence-corrected chi connectivity index (χ4v) is 29.4. The molecule has 20 heteroatoms. The average Bonchev–Trinajstić information content (AvgIpc) is 3.79. The molecule has 0 radical (unpaired) electrons. The van der Waals surface area contributed by atoms with E-state index >= 15 is 0 Å². The van der Waals surface area contributed by atoms with Gasteiger partial charge < -0.3 is 4.57 Å². The van der Waals surface area contributed by atoms with Gasteiger partial charge in [-0.15, -0.1) is 0 Å². The number of nitrogens with zero attached hydrogens (tertiary/aromatic N) is 10. The molecule has 0 saturated heterocycles. The smallest absolute Gasteiger partial charge is 0.243 e. The number of nitrogens with one attached hydrogen (secondary N) is 2. The summed E-state index contributed by atoms with van der Waals surface area (Å²) in [5, 5.41) is 22.1. The van der Waals surface area contributed by atoms with Gasteiger partial charge in [0.1, 0.15) is 21.6 Å². The van der Waals surface area contributed by atoms with Gasteiger partial charge in [0.2, 0.25) is 25.3 Å². The predicted octanol–water partition coefficient (Wildman–Crippen LogP) is 10.9. The van der Waals surface area contributed by atoms with Crippen molar-refractivity contribution in [1.82, 2.24) is 48.5 Å². The zero-order valence-corrected chi connectivity index (χ0v) is 48.6. The Morgan fingerprint density at radius 1 is 0.639 bits per heavy atom. The molecule has 6 aromatic heterocycles. The molecular formula is C52H71ClN12O4S2Sn. The maximum absolute atomic E-state index is 12.4. The minimum atomic E-state index is -3.68. The van der Waals surface area contributed by atoms with Crippen LogP contribution in [-0.4, -0.2) is 86.3 Å². The minimum absolute atomic E-state index is 0.00252. The van der Waals surface area contributed by atoms with Crippen LogP contribution in [0.4, 0.5) is 0 Å². The molecule has 0 aliphatic heterocycles. The Bertz CT molecular complexity index is 3100. The predicted molar refractivity (Wildman–Crippen MR) is 288 cm³/mol. The van der Waals surface area contributed by atoms with E-state index in [1.807, 2.05) is 19.2 Å². The van der Waals surface area contributed by atoms with Gasteiger partial charge in [-0.25, -0.2) is 46.2 Å². The third-order valence-corrected chi connectivity index (χ3v) is 32.4. The first-order valence-electron chi connectivity index (χ1n) is 25.5. The van der Waals surface area contributed by atoms with Crippen molar-refractivity contribution in [2.75, 3.05) is 0 Å². The van der Waals surface area contributed by atoms with Crippen LogP contribution in [-0.2, 0) is 20.0 Å². The molecule has 2 fully saturated rings. The number of aromatic nitrogens is 8. The quantitative estimate of drug-likeness (QED) is 0.0570. The summed E-state index contributed by atoms with van der Waals surface area (Å²) in [6.45, 7) is 18.0. The minimum Gasteiger partial charge on any atom is -0.334 e. The van der Waals surface area contributed by atoms with Crippen LogP contribution in [0.2, 0.25) is 18.6 Å². The summed E-state index contributed by atoms with van der Waals surface area (Å²) in [5.74, 6) is 0.339. The van der Waals surface area contributed by atoms with Crippen molar-refractivity contribution in [2.24, 2.45) is 0 Å². The van der Waals surface area contributed by atoms with Gasteiger partial charge in [0.05, 0.1) is 35.9 Å². The van der Waals surface area contributed by atoms with Gasteiger partial charge in [-0.05, 0) is 71.5 Å². The van der Waals surface area contributed by atoms with Gasteiger partial charge in [-0.3, -0.25) is 4.98 Å². The molecule has 2 aliphatic carbocycles. The number of aryl methyl sites for hydroxylation is 2. The number of hydrogen-bond acceptors (Lipinski definition) is 12. The van der Waals surface area contributed by atoms with Gasteiger partial charge in [0.25, 0.3) is 0 Å². The van der Waals surface area contributed by atoms with Crippen LogP contribution >= 0.6 is 11.6 Å². The molecule has 0 bridgehead atoms. The number of pyridine rings is 2. The van der Waals surface area contributed by atoms with E-state index in [1.165, 1.54) is 101 Å². The molecule has 8 rings (SSSR count). The number of rotatable bonds is 19. The second kappa shape index (κ2) is 25.1. The topological polar surface area (TPSA) is 227 Å². The first kappa shape index (κ1) is 56.7. The van der Waals surface area contributed by atoms with Crippen LogP contribution in [0.3, 0.4) is 0 Å². The van der Waals surface area contributed by atoms with Crippen molar-refractivity contribution in [3.63, 3.8) is 0 Å². The molecule has 0 atom stereocenters. The van der Waals surface area contributed by atoms with Gasteiger partial charge in [-0.2, -0.15) is 5.26 Å². The van der Waals surface area contributed by atoms with Crippen molar-refractivity contribution < 1.29 is 16.8 Å². The average molecular weight is 1150 g/mol. The Labute approximate surface area is 435 Å². The summed E-state index contributed by atoms with van der Waals surface area (Å²) in [4.78, 5) is 24.8. The van der Waals surface area contributed by atoms with E-state index in [0.717, 1.165) is 52.5 Å². The normalized spacial score (nSPS) is 14.3. The Morgan fingerprint density at radius 3 is 1.43 bits per heavy atom. The summed E-state index contributed by atoms with van der Waals surface area (Å²) in [6, 6.07) is 9.69. The molecule has 2 saturated carbocycles. The van der Waals surface area contributed by atoms with Crippen molar-refractivity contribution in [1.29, 1.82) is 10.5 Å². The molecule has 0 aromatic carbocycles. The molecular weight excluding hydrogens is 1070 g/mol. The summed E-state index contributed by atoms with van der Waals surface area (Å²) >= 11 is 2.68. The Kier molecular flexibility index (Phi) is 19.8. The molecule has 386 valence electrons. The second-order valence-corrected chi connectivity index (χ2v) is 36.5. The van der Waals surface area contributed by atoms with Crippen LogP contribution in [0.25, 0.3) is 33.3 Å². The van der Waals surface area contributed by atoms with E-state index in [0.29, 0.717) is 23.1 Å². The first-order chi connectivity index (χ1) is 34.3. The molecule has 6 aromatic rings. The molecule has 0 spiro atoms. The summed E-state index contributed by atoms with van der Waals surface area (Å²) < 4.78 is 63.3. The monoisotopic (exact) mass is 1150 g/mol. The number of unbranched alkanes of at least 4 members (excludes halogenated alkanes) is 3. The largest absolute Gasteiger partial charge is 0.334 e. The first-order valence-corrected chi connectivity index (χ1v) is 36.3. The number of fused-ring (bicyclic) bond motifs is 2. The number of halogens is 1. The summed E-state index contributed by atoms with van der Waals surface area (Å²) in [6.07, 6.45) is 23.5. The molecule has 0 unspecified atom stereocenters. The maximum atomic E-state index is 12.4. The third kappa shape index (κ3) is 13.0. The van der Waals surface area contributed by atoms with Gasteiger partial charge >= 0.3 is 182 Å². The third-order valence-electron chi connectivity index (χ3n) is 13.5. The molecule has 2 N–H and O–H groups in total. The van der Waals surface area contributed by atoms with E-state index in [4.69, 9.17) is 11.6 Å². The number of sulfonamides is 2. The summed E-state index contributed by atoms with van der Waals surface area (Å²) in [5.41, 5.74) is 6.29. The van der Waals surface area contributed by atoms with Gasteiger partial charge in [0, 0.05) is 35.4 Å². The fourth-order valence-electron chi connectivity index (χ4n) is 9.68. The molecule has 72 heavy (non-hydrogen) atoms. The van der Waals surface area contributed by atoms with Crippen LogP contribution < -0.4 is 13.2 Å². The fraction of sp³-hybridized carbons (Fsp3) is 0.538. The Hall–Kier alpha value is -4.57.